The minimum atomic E-state index is -0.110. The number of nitrogens with one attached hydrogen (secondary N) is 1. The summed E-state index contributed by atoms with van der Waals surface area (Å²) < 4.78 is 0. The van der Waals surface area contributed by atoms with Crippen LogP contribution in [0, 0.1) is 0 Å². The van der Waals surface area contributed by atoms with E-state index < -0.39 is 0 Å². The Hall–Kier alpha value is -2.75. The second-order valence-corrected chi connectivity index (χ2v) is 4.56. The van der Waals surface area contributed by atoms with Crippen molar-refractivity contribution >= 4 is 16.6 Å². The van der Waals surface area contributed by atoms with Crippen LogP contribution in [0.2, 0.25) is 0 Å². The van der Waals surface area contributed by atoms with Gasteiger partial charge in [-0.2, -0.15) is 0 Å². The summed E-state index contributed by atoms with van der Waals surface area (Å²) in [7, 11) is 0. The zero-order valence-electron chi connectivity index (χ0n) is 10.7. The van der Waals surface area contributed by atoms with E-state index in [9.17, 15) is 10.2 Å². The summed E-state index contributed by atoms with van der Waals surface area (Å²) in [6.45, 7) is 0.417. The molecule has 0 aliphatic carbocycles. The summed E-state index contributed by atoms with van der Waals surface area (Å²) >= 11 is 0. The fraction of sp³-hybridized carbons (Fsp3) is 0.0625. The third kappa shape index (κ3) is 2.36. The van der Waals surface area contributed by atoms with Crippen molar-refractivity contribution in [1.82, 2.24) is 4.98 Å². The number of hydrogen-bond acceptors (Lipinski definition) is 4. The Kier molecular flexibility index (Phi) is 3.13. The molecule has 0 atom stereocenters. The number of benzene rings is 2. The van der Waals surface area contributed by atoms with Gasteiger partial charge in [0, 0.05) is 17.5 Å². The molecule has 20 heavy (non-hydrogen) atoms. The zero-order chi connectivity index (χ0) is 13.9. The van der Waals surface area contributed by atoms with Crippen LogP contribution < -0.4 is 5.32 Å². The largest absolute Gasteiger partial charge is 0.504 e. The highest BCUT2D eigenvalue weighted by Crippen LogP contribution is 2.28. The molecule has 0 fully saturated rings. The van der Waals surface area contributed by atoms with Crippen LogP contribution in [-0.2, 0) is 6.54 Å². The van der Waals surface area contributed by atoms with E-state index in [0.29, 0.717) is 12.1 Å². The molecule has 0 aliphatic rings. The number of phenolic OH excluding ortho intramolecular Hbond substituents is 2. The fourth-order valence-corrected chi connectivity index (χ4v) is 2.09. The van der Waals surface area contributed by atoms with E-state index >= 15 is 0 Å². The van der Waals surface area contributed by atoms with Gasteiger partial charge in [-0.25, -0.2) is 0 Å². The lowest BCUT2D eigenvalue weighted by Gasteiger charge is -2.09. The molecule has 0 saturated heterocycles. The highest BCUT2D eigenvalue weighted by molar-refractivity contribution is 5.81. The van der Waals surface area contributed by atoms with Crippen LogP contribution >= 0.6 is 0 Å². The Bertz CT molecular complexity index is 756. The number of nitrogens with zero attached hydrogens (tertiary/aromatic N) is 1. The van der Waals surface area contributed by atoms with Crippen molar-refractivity contribution < 1.29 is 10.2 Å². The molecule has 0 bridgehead atoms. The van der Waals surface area contributed by atoms with Gasteiger partial charge in [0.05, 0.1) is 17.4 Å². The van der Waals surface area contributed by atoms with Gasteiger partial charge in [-0.05, 0) is 18.2 Å². The molecule has 0 saturated carbocycles. The molecule has 0 spiro atoms. The predicted molar refractivity (Wildman–Crippen MR) is 78.8 cm³/mol. The highest BCUT2D eigenvalue weighted by Gasteiger charge is 2.05. The lowest BCUT2D eigenvalue weighted by atomic mass is 10.1. The van der Waals surface area contributed by atoms with Gasteiger partial charge in [0.1, 0.15) is 0 Å². The van der Waals surface area contributed by atoms with E-state index in [1.54, 1.807) is 18.3 Å². The quantitative estimate of drug-likeness (QED) is 0.637. The van der Waals surface area contributed by atoms with E-state index in [2.05, 4.69) is 10.3 Å². The van der Waals surface area contributed by atoms with Crippen LogP contribution in [0.1, 0.15) is 5.56 Å². The minimum Gasteiger partial charge on any atom is -0.504 e. The second-order valence-electron chi connectivity index (χ2n) is 4.56. The van der Waals surface area contributed by atoms with Crippen LogP contribution in [0.3, 0.4) is 0 Å². The maximum absolute atomic E-state index is 9.74. The molecule has 2 aromatic carbocycles. The first-order chi connectivity index (χ1) is 9.74. The first-order valence-corrected chi connectivity index (χ1v) is 6.32. The molecule has 1 aromatic heterocycles. The molecule has 3 N–H and O–H groups in total. The first-order valence-electron chi connectivity index (χ1n) is 6.32. The number of anilines is 1. The Morgan fingerprint density at radius 3 is 2.75 bits per heavy atom. The molecular weight excluding hydrogens is 252 g/mol. The van der Waals surface area contributed by atoms with Crippen molar-refractivity contribution in [3.05, 3.63) is 60.3 Å². The van der Waals surface area contributed by atoms with Crippen molar-refractivity contribution in [1.29, 1.82) is 0 Å². The van der Waals surface area contributed by atoms with E-state index in [1.165, 1.54) is 6.07 Å². The summed E-state index contributed by atoms with van der Waals surface area (Å²) in [5.41, 5.74) is 2.45. The molecule has 3 aromatic rings. The maximum atomic E-state index is 9.74. The number of hydrogen-bond donors (Lipinski definition) is 3. The molecule has 0 aliphatic heterocycles. The van der Waals surface area contributed by atoms with Gasteiger partial charge in [-0.15, -0.1) is 0 Å². The zero-order valence-corrected chi connectivity index (χ0v) is 10.7. The number of para-hydroxylation sites is 2. The summed E-state index contributed by atoms with van der Waals surface area (Å²) in [6.07, 6.45) is 1.75. The van der Waals surface area contributed by atoms with Gasteiger partial charge in [-0.3, -0.25) is 4.98 Å². The van der Waals surface area contributed by atoms with Crippen LogP contribution in [0.15, 0.2) is 54.7 Å². The number of aromatic nitrogens is 1. The molecular formula is C16H14N2O2. The Morgan fingerprint density at radius 2 is 1.85 bits per heavy atom. The van der Waals surface area contributed by atoms with Crippen molar-refractivity contribution in [2.75, 3.05) is 5.32 Å². The molecule has 100 valence electrons. The lowest BCUT2D eigenvalue weighted by molar-refractivity contribution is 0.400. The molecule has 1 heterocycles. The van der Waals surface area contributed by atoms with E-state index in [4.69, 9.17) is 0 Å². The lowest BCUT2D eigenvalue weighted by Crippen LogP contribution is -2.00. The number of pyridine rings is 1. The van der Waals surface area contributed by atoms with Gasteiger partial charge in [0.15, 0.2) is 11.5 Å². The van der Waals surface area contributed by atoms with Gasteiger partial charge in [0.25, 0.3) is 0 Å². The van der Waals surface area contributed by atoms with Crippen LogP contribution in [-0.4, -0.2) is 15.2 Å². The smallest absolute Gasteiger partial charge is 0.162 e. The van der Waals surface area contributed by atoms with Gasteiger partial charge in [0.2, 0.25) is 0 Å². The van der Waals surface area contributed by atoms with Crippen LogP contribution in [0.25, 0.3) is 10.9 Å². The molecule has 0 amide bonds. The van der Waals surface area contributed by atoms with Crippen LogP contribution in [0.5, 0.6) is 11.5 Å². The molecule has 4 heteroatoms. The van der Waals surface area contributed by atoms with Crippen molar-refractivity contribution in [3.63, 3.8) is 0 Å². The number of aromatic hydroxyl groups is 2. The van der Waals surface area contributed by atoms with E-state index in [-0.39, 0.29) is 11.5 Å². The second kappa shape index (κ2) is 5.09. The van der Waals surface area contributed by atoms with Gasteiger partial charge >= 0.3 is 0 Å². The Balaban J connectivity index is 1.81. The monoisotopic (exact) mass is 266 g/mol. The standard InChI is InChI=1S/C16H14N2O2/c19-15-7-3-5-12(16(15)20)9-17-13-8-11-4-1-2-6-14(11)18-10-13/h1-8,10,17,19-20H,9H2. The van der Waals surface area contributed by atoms with E-state index in [1.807, 2.05) is 30.3 Å². The average molecular weight is 266 g/mol. The average Bonchev–Trinajstić information content (AvgIpc) is 2.48. The highest BCUT2D eigenvalue weighted by atomic mass is 16.3. The fourth-order valence-electron chi connectivity index (χ4n) is 2.09. The SMILES string of the molecule is Oc1cccc(CNc2cnc3ccccc3c2)c1O. The Labute approximate surface area is 116 Å². The third-order valence-electron chi connectivity index (χ3n) is 3.17. The molecule has 0 unspecified atom stereocenters. The van der Waals surface area contributed by atoms with E-state index in [0.717, 1.165) is 16.6 Å². The minimum absolute atomic E-state index is 0.0891. The van der Waals surface area contributed by atoms with Gasteiger partial charge < -0.3 is 15.5 Å². The maximum Gasteiger partial charge on any atom is 0.162 e. The molecule has 0 radical (unpaired) electrons. The normalized spacial score (nSPS) is 10.6. The summed E-state index contributed by atoms with van der Waals surface area (Å²) in [6, 6.07) is 14.8. The summed E-state index contributed by atoms with van der Waals surface area (Å²) in [5, 5.41) is 23.4. The number of fused-ring (bicyclic) bond motifs is 1. The first kappa shape index (κ1) is 12.3. The third-order valence-corrected chi connectivity index (χ3v) is 3.17. The van der Waals surface area contributed by atoms with Crippen molar-refractivity contribution in [2.45, 2.75) is 6.54 Å². The van der Waals surface area contributed by atoms with Crippen LogP contribution in [0.4, 0.5) is 5.69 Å². The molecule has 4 nitrogen and oxygen atoms in total. The van der Waals surface area contributed by atoms with Crippen molar-refractivity contribution in [2.24, 2.45) is 0 Å². The summed E-state index contributed by atoms with van der Waals surface area (Å²) in [4.78, 5) is 4.36. The topological polar surface area (TPSA) is 65.4 Å². The van der Waals surface area contributed by atoms with Crippen molar-refractivity contribution in [3.8, 4) is 11.5 Å². The number of rotatable bonds is 3. The predicted octanol–water partition coefficient (Wildman–Crippen LogP) is 3.26. The Morgan fingerprint density at radius 1 is 1.00 bits per heavy atom. The molecule has 3 rings (SSSR count). The van der Waals surface area contributed by atoms with Gasteiger partial charge in [-0.1, -0.05) is 30.3 Å². The summed E-state index contributed by atoms with van der Waals surface area (Å²) in [5.74, 6) is -0.199. The number of phenols is 2.